The summed E-state index contributed by atoms with van der Waals surface area (Å²) in [5, 5.41) is 10.5. The van der Waals surface area contributed by atoms with Crippen LogP contribution in [0.2, 0.25) is 5.02 Å². The zero-order valence-electron chi connectivity index (χ0n) is 10.7. The van der Waals surface area contributed by atoms with Crippen molar-refractivity contribution < 1.29 is 13.5 Å². The van der Waals surface area contributed by atoms with E-state index in [2.05, 4.69) is 4.72 Å². The third-order valence-corrected chi connectivity index (χ3v) is 3.88. The molecule has 0 saturated carbocycles. The molecule has 0 aliphatic carbocycles. The average Bonchev–Trinajstić information content (AvgIpc) is 2.36. The van der Waals surface area contributed by atoms with Gasteiger partial charge in [-0.2, -0.15) is 0 Å². The monoisotopic (exact) mass is 303 g/mol. The van der Waals surface area contributed by atoms with E-state index in [1.54, 1.807) is 24.3 Å². The van der Waals surface area contributed by atoms with Gasteiger partial charge in [0.25, 0.3) is 0 Å². The zero-order chi connectivity index (χ0) is 14.3. The number of nitrogens with one attached hydrogen (secondary N) is 1. The Kier molecular flexibility index (Phi) is 6.51. The fourth-order valence-electron chi connectivity index (χ4n) is 1.37. The Morgan fingerprint density at radius 3 is 2.58 bits per heavy atom. The van der Waals surface area contributed by atoms with E-state index in [9.17, 15) is 8.42 Å². The van der Waals surface area contributed by atoms with Crippen molar-refractivity contribution in [2.45, 2.75) is 13.3 Å². The van der Waals surface area contributed by atoms with Gasteiger partial charge in [-0.3, -0.25) is 0 Å². The van der Waals surface area contributed by atoms with Crippen molar-refractivity contribution >= 4 is 27.7 Å². The number of aliphatic hydroxyl groups is 1. The summed E-state index contributed by atoms with van der Waals surface area (Å²) in [7, 11) is -3.45. The van der Waals surface area contributed by atoms with Gasteiger partial charge < -0.3 is 5.11 Å². The maximum Gasteiger partial charge on any atom is 0.233 e. The van der Waals surface area contributed by atoms with Gasteiger partial charge in [0, 0.05) is 23.6 Å². The normalized spacial score (nSPS) is 13.8. The van der Waals surface area contributed by atoms with Gasteiger partial charge in [0.2, 0.25) is 10.0 Å². The first-order valence-electron chi connectivity index (χ1n) is 5.97. The Morgan fingerprint density at radius 2 is 2.00 bits per heavy atom. The predicted octanol–water partition coefficient (Wildman–Crippen LogP) is 2.25. The molecule has 2 N–H and O–H groups in total. The van der Waals surface area contributed by atoms with Crippen LogP contribution in [0, 0.1) is 5.92 Å². The van der Waals surface area contributed by atoms with Crippen LogP contribution in [0.15, 0.2) is 29.7 Å². The molecule has 0 saturated heterocycles. The summed E-state index contributed by atoms with van der Waals surface area (Å²) in [5.74, 6) is 0.101. The predicted molar refractivity (Wildman–Crippen MR) is 78.3 cm³/mol. The van der Waals surface area contributed by atoms with E-state index in [-0.39, 0.29) is 12.5 Å². The molecule has 0 aromatic heterocycles. The van der Waals surface area contributed by atoms with E-state index in [1.165, 1.54) is 6.08 Å². The Bertz CT molecular complexity index is 511. The minimum Gasteiger partial charge on any atom is -0.396 e. The highest BCUT2D eigenvalue weighted by Gasteiger charge is 2.08. The molecule has 0 bridgehead atoms. The molecule has 0 amide bonds. The molecule has 1 unspecified atom stereocenters. The molecular formula is C13H18ClNO3S. The summed E-state index contributed by atoms with van der Waals surface area (Å²) in [4.78, 5) is 0. The average molecular weight is 304 g/mol. The van der Waals surface area contributed by atoms with Crippen molar-refractivity contribution in [3.05, 3.63) is 40.3 Å². The van der Waals surface area contributed by atoms with Gasteiger partial charge in [0.05, 0.1) is 0 Å². The molecule has 0 aliphatic heterocycles. The summed E-state index contributed by atoms with van der Waals surface area (Å²) in [5.41, 5.74) is 0.762. The molecule has 1 aromatic carbocycles. The smallest absolute Gasteiger partial charge is 0.233 e. The SMILES string of the molecule is CC(CCO)CNS(=O)(=O)C=Cc1ccc(Cl)cc1. The van der Waals surface area contributed by atoms with Crippen molar-refractivity contribution in [2.24, 2.45) is 5.92 Å². The largest absolute Gasteiger partial charge is 0.396 e. The highest BCUT2D eigenvalue weighted by atomic mass is 35.5. The molecule has 0 radical (unpaired) electrons. The summed E-state index contributed by atoms with van der Waals surface area (Å²) in [6.45, 7) is 2.25. The van der Waals surface area contributed by atoms with Gasteiger partial charge in [-0.05, 0) is 36.1 Å². The summed E-state index contributed by atoms with van der Waals surface area (Å²) in [6, 6.07) is 6.88. The number of benzene rings is 1. The maximum atomic E-state index is 11.7. The number of aliphatic hydroxyl groups excluding tert-OH is 1. The molecule has 1 atom stereocenters. The van der Waals surface area contributed by atoms with Crippen molar-refractivity contribution in [3.63, 3.8) is 0 Å². The lowest BCUT2D eigenvalue weighted by atomic mass is 10.1. The van der Waals surface area contributed by atoms with E-state index in [4.69, 9.17) is 16.7 Å². The molecular weight excluding hydrogens is 286 g/mol. The van der Waals surface area contributed by atoms with Crippen LogP contribution in [0.3, 0.4) is 0 Å². The second-order valence-corrected chi connectivity index (χ2v) is 6.45. The van der Waals surface area contributed by atoms with Gasteiger partial charge in [0.15, 0.2) is 0 Å². The number of rotatable bonds is 7. The van der Waals surface area contributed by atoms with Crippen LogP contribution in [0.25, 0.3) is 6.08 Å². The second-order valence-electron chi connectivity index (χ2n) is 4.37. The van der Waals surface area contributed by atoms with Crippen LogP contribution in [-0.4, -0.2) is 26.7 Å². The Hall–Kier alpha value is -0.880. The maximum absolute atomic E-state index is 11.7. The minimum absolute atomic E-state index is 0.0590. The lowest BCUT2D eigenvalue weighted by molar-refractivity contribution is 0.263. The molecule has 6 heteroatoms. The molecule has 106 valence electrons. The van der Waals surface area contributed by atoms with Gasteiger partial charge in [-0.1, -0.05) is 30.7 Å². The Labute approximate surface area is 119 Å². The van der Waals surface area contributed by atoms with Gasteiger partial charge in [-0.25, -0.2) is 13.1 Å². The van der Waals surface area contributed by atoms with Crippen LogP contribution in [-0.2, 0) is 10.0 Å². The fourth-order valence-corrected chi connectivity index (χ4v) is 2.45. The van der Waals surface area contributed by atoms with E-state index in [0.717, 1.165) is 11.0 Å². The highest BCUT2D eigenvalue weighted by Crippen LogP contribution is 2.11. The molecule has 0 heterocycles. The molecule has 19 heavy (non-hydrogen) atoms. The number of hydrogen-bond donors (Lipinski definition) is 2. The summed E-state index contributed by atoms with van der Waals surface area (Å²) in [6.07, 6.45) is 2.08. The molecule has 1 aromatic rings. The molecule has 4 nitrogen and oxygen atoms in total. The minimum atomic E-state index is -3.45. The Morgan fingerprint density at radius 1 is 1.37 bits per heavy atom. The molecule has 0 spiro atoms. The van der Waals surface area contributed by atoms with E-state index in [0.29, 0.717) is 18.0 Å². The van der Waals surface area contributed by atoms with Crippen molar-refractivity contribution in [1.82, 2.24) is 4.72 Å². The number of sulfonamides is 1. The van der Waals surface area contributed by atoms with Crippen LogP contribution in [0.5, 0.6) is 0 Å². The lowest BCUT2D eigenvalue weighted by Gasteiger charge is -2.09. The first kappa shape index (κ1) is 16.2. The van der Waals surface area contributed by atoms with Crippen LogP contribution >= 0.6 is 11.6 Å². The zero-order valence-corrected chi connectivity index (χ0v) is 12.3. The van der Waals surface area contributed by atoms with E-state index < -0.39 is 10.0 Å². The first-order chi connectivity index (χ1) is 8.93. The van der Waals surface area contributed by atoms with Crippen molar-refractivity contribution in [2.75, 3.05) is 13.2 Å². The van der Waals surface area contributed by atoms with Crippen LogP contribution < -0.4 is 4.72 Å². The third-order valence-electron chi connectivity index (χ3n) is 2.56. The fraction of sp³-hybridized carbons (Fsp3) is 0.385. The van der Waals surface area contributed by atoms with Crippen LogP contribution in [0.4, 0.5) is 0 Å². The summed E-state index contributed by atoms with van der Waals surface area (Å²) >= 11 is 5.74. The Balaban J connectivity index is 2.56. The van der Waals surface area contributed by atoms with Gasteiger partial charge in [-0.15, -0.1) is 0 Å². The van der Waals surface area contributed by atoms with Crippen molar-refractivity contribution in [1.29, 1.82) is 0 Å². The third kappa shape index (κ3) is 6.73. The number of halogens is 1. The molecule has 0 aliphatic rings. The topological polar surface area (TPSA) is 66.4 Å². The standard InChI is InChI=1S/C13H18ClNO3S/c1-11(6-8-16)10-15-19(17,18)9-7-12-2-4-13(14)5-3-12/h2-5,7,9,11,15-16H,6,8,10H2,1H3. The molecule has 0 fully saturated rings. The quantitative estimate of drug-likeness (QED) is 0.812. The number of hydrogen-bond acceptors (Lipinski definition) is 3. The first-order valence-corrected chi connectivity index (χ1v) is 7.89. The summed E-state index contributed by atoms with van der Waals surface area (Å²) < 4.78 is 25.9. The van der Waals surface area contributed by atoms with Crippen LogP contribution in [0.1, 0.15) is 18.9 Å². The lowest BCUT2D eigenvalue weighted by Crippen LogP contribution is -2.27. The van der Waals surface area contributed by atoms with Gasteiger partial charge >= 0.3 is 0 Å². The molecule has 1 rings (SSSR count). The van der Waals surface area contributed by atoms with Crippen molar-refractivity contribution in [3.8, 4) is 0 Å². The van der Waals surface area contributed by atoms with E-state index in [1.807, 2.05) is 6.92 Å². The highest BCUT2D eigenvalue weighted by molar-refractivity contribution is 7.92. The second kappa shape index (κ2) is 7.65. The van der Waals surface area contributed by atoms with E-state index >= 15 is 0 Å². The van der Waals surface area contributed by atoms with Gasteiger partial charge in [0.1, 0.15) is 0 Å².